The molecule has 25 heavy (non-hydrogen) atoms. The zero-order valence-corrected chi connectivity index (χ0v) is 15.6. The fourth-order valence-corrected chi connectivity index (χ4v) is 2.97. The van der Waals surface area contributed by atoms with Gasteiger partial charge in [-0.05, 0) is 22.9 Å². The molecule has 3 rings (SSSR count). The number of hydrogen-bond acceptors (Lipinski definition) is 5. The maximum atomic E-state index is 12.7. The van der Waals surface area contributed by atoms with E-state index in [1.165, 1.54) is 0 Å². The first-order valence-corrected chi connectivity index (χ1v) is 7.46. The van der Waals surface area contributed by atoms with Crippen molar-refractivity contribution in [2.75, 3.05) is 13.1 Å². The van der Waals surface area contributed by atoms with E-state index in [1.54, 1.807) is 18.2 Å². The molecule has 1 aliphatic heterocycles. The minimum atomic E-state index is -1.59. The van der Waals surface area contributed by atoms with Crippen LogP contribution in [0.5, 0.6) is 0 Å². The summed E-state index contributed by atoms with van der Waals surface area (Å²) in [5.41, 5.74) is 0.311. The average molecular weight is 350 g/mol. The van der Waals surface area contributed by atoms with E-state index in [0.29, 0.717) is 5.56 Å². The summed E-state index contributed by atoms with van der Waals surface area (Å²) in [7, 11) is 0. The van der Waals surface area contributed by atoms with Gasteiger partial charge in [0, 0.05) is 18.7 Å². The van der Waals surface area contributed by atoms with Crippen LogP contribution in [-0.2, 0) is 9.59 Å². The Morgan fingerprint density at radius 1 is 1.12 bits per heavy atom. The van der Waals surface area contributed by atoms with Gasteiger partial charge in [-0.15, -0.1) is 0 Å². The summed E-state index contributed by atoms with van der Waals surface area (Å²) in [6, 6.07) is 9.56. The monoisotopic (exact) mass is 350 g/mol. The van der Waals surface area contributed by atoms with Crippen LogP contribution in [0.3, 0.4) is 0 Å². The quantitative estimate of drug-likeness (QED) is 0.555. The summed E-state index contributed by atoms with van der Waals surface area (Å²) in [5.74, 6) is -3.45. The fraction of sp³-hybridized carbons (Fsp3) is 0.235. The van der Waals surface area contributed by atoms with E-state index < -0.39 is 29.9 Å². The molecule has 2 atom stereocenters. The second kappa shape index (κ2) is 7.97. The van der Waals surface area contributed by atoms with Crippen LogP contribution >= 0.6 is 0 Å². The van der Waals surface area contributed by atoms with Gasteiger partial charge in [-0.3, -0.25) is 9.59 Å². The largest absolute Gasteiger partial charge is 1.00 e. The third kappa shape index (κ3) is 3.85. The van der Waals surface area contributed by atoms with Gasteiger partial charge in [0.2, 0.25) is 0 Å². The number of nitrogens with zero attached hydrogens (tertiary/aromatic N) is 1. The van der Waals surface area contributed by atoms with Crippen LogP contribution in [0.4, 0.5) is 0 Å². The Morgan fingerprint density at radius 3 is 2.44 bits per heavy atom. The number of carbonyl (C=O) groups excluding carboxylic acids is 2. The molecule has 1 saturated heterocycles. The molecule has 1 fully saturated rings. The second-order valence-electron chi connectivity index (χ2n) is 5.59. The van der Waals surface area contributed by atoms with E-state index in [9.17, 15) is 24.6 Å². The molecule has 1 heterocycles. The third-order valence-electron chi connectivity index (χ3n) is 4.13. The van der Waals surface area contributed by atoms with E-state index in [4.69, 9.17) is 0 Å². The van der Waals surface area contributed by atoms with Crippen molar-refractivity contribution in [3.05, 3.63) is 48.0 Å². The van der Waals surface area contributed by atoms with Crippen molar-refractivity contribution in [1.29, 1.82) is 0 Å². The zero-order valence-electron chi connectivity index (χ0n) is 13.6. The van der Waals surface area contributed by atoms with E-state index in [-0.39, 0.29) is 42.6 Å². The minimum Gasteiger partial charge on any atom is -0.548 e. The first kappa shape index (κ1) is 19.4. The molecule has 1 aliphatic rings. The predicted octanol–water partition coefficient (Wildman–Crippen LogP) is -3.54. The molecule has 2 aromatic rings. The number of amides is 1. The van der Waals surface area contributed by atoms with Gasteiger partial charge in [-0.2, -0.15) is 0 Å². The molecule has 0 radical (unpaired) electrons. The van der Waals surface area contributed by atoms with E-state index in [1.807, 2.05) is 24.3 Å². The molecule has 0 unspecified atom stereocenters. The molecule has 0 aliphatic carbocycles. The summed E-state index contributed by atoms with van der Waals surface area (Å²) in [6.45, 7) is 0.286. The fourth-order valence-electron chi connectivity index (χ4n) is 2.97. The Bertz CT molecular complexity index is 826. The Kier molecular flexibility index (Phi) is 6.18. The molecule has 0 spiro atoms. The van der Waals surface area contributed by atoms with Gasteiger partial charge in [-0.25, -0.2) is 0 Å². The van der Waals surface area contributed by atoms with E-state index in [2.05, 4.69) is 5.32 Å². The van der Waals surface area contributed by atoms with Crippen LogP contribution in [0.25, 0.3) is 10.8 Å². The Hall–Kier alpha value is -1.93. The Balaban J connectivity index is 0.00000225. The maximum Gasteiger partial charge on any atom is 1.00 e. The second-order valence-corrected chi connectivity index (χ2v) is 5.59. The molecule has 2 aromatic carbocycles. The van der Waals surface area contributed by atoms with Gasteiger partial charge in [0.25, 0.3) is 5.91 Å². The van der Waals surface area contributed by atoms with Crippen molar-refractivity contribution < 1.29 is 54.2 Å². The van der Waals surface area contributed by atoms with E-state index in [0.717, 1.165) is 15.7 Å². The first-order chi connectivity index (χ1) is 11.5. The number of carboxylic acids is 2. The SMILES string of the molecule is O=C(O)[C@H]1NCCN(C(=O)c2ccc3ccccc3c2)[C@H]1C(=O)[O-].[Na+]. The summed E-state index contributed by atoms with van der Waals surface area (Å²) in [6.07, 6.45) is 0. The summed E-state index contributed by atoms with van der Waals surface area (Å²) >= 11 is 0. The van der Waals surface area contributed by atoms with Gasteiger partial charge < -0.3 is 25.2 Å². The first-order valence-electron chi connectivity index (χ1n) is 7.46. The van der Waals surface area contributed by atoms with Gasteiger partial charge in [-0.1, -0.05) is 30.3 Å². The number of nitrogens with one attached hydrogen (secondary N) is 1. The standard InChI is InChI=1S/C17H16N2O5.Na/c20-15(12-6-5-10-3-1-2-4-11(10)9-12)19-8-7-18-13(16(21)22)14(19)17(23)24;/h1-6,9,13-14,18H,7-8H2,(H,21,22)(H,23,24);/q;+1/p-1/t13-,14+;/m0./s1. The van der Waals surface area contributed by atoms with Crippen LogP contribution in [0, 0.1) is 0 Å². The minimum absolute atomic E-state index is 0. The van der Waals surface area contributed by atoms with Gasteiger partial charge in [0.1, 0.15) is 6.04 Å². The molecule has 0 saturated carbocycles. The van der Waals surface area contributed by atoms with Crippen molar-refractivity contribution >= 4 is 28.6 Å². The molecule has 0 aromatic heterocycles. The van der Waals surface area contributed by atoms with Crippen molar-refractivity contribution in [2.24, 2.45) is 0 Å². The van der Waals surface area contributed by atoms with Crippen LogP contribution in [0.2, 0.25) is 0 Å². The molecule has 2 N–H and O–H groups in total. The maximum absolute atomic E-state index is 12.7. The number of carboxylic acid groups (broad SMARTS) is 2. The molecule has 8 heteroatoms. The zero-order chi connectivity index (χ0) is 17.3. The van der Waals surface area contributed by atoms with Crippen molar-refractivity contribution in [1.82, 2.24) is 10.2 Å². The number of carbonyl (C=O) groups is 3. The van der Waals surface area contributed by atoms with Crippen LogP contribution in [0.15, 0.2) is 42.5 Å². The van der Waals surface area contributed by atoms with Gasteiger partial charge in [0.05, 0.1) is 12.0 Å². The number of hydrogen-bond donors (Lipinski definition) is 2. The number of benzene rings is 2. The average Bonchev–Trinajstić information content (AvgIpc) is 2.59. The van der Waals surface area contributed by atoms with E-state index >= 15 is 0 Å². The van der Waals surface area contributed by atoms with Crippen LogP contribution < -0.4 is 40.0 Å². The summed E-state index contributed by atoms with van der Waals surface area (Å²) in [5, 5.41) is 25.0. The predicted molar refractivity (Wildman–Crippen MR) is 83.2 cm³/mol. The normalized spacial score (nSPS) is 19.9. The van der Waals surface area contributed by atoms with Crippen LogP contribution in [-0.4, -0.2) is 53.0 Å². The Labute approximate surface area is 165 Å². The molecular weight excluding hydrogens is 335 g/mol. The topological polar surface area (TPSA) is 110 Å². The molecule has 0 bridgehead atoms. The van der Waals surface area contributed by atoms with Crippen molar-refractivity contribution in [3.63, 3.8) is 0 Å². The number of rotatable bonds is 3. The van der Waals surface area contributed by atoms with Gasteiger partial charge >= 0.3 is 35.5 Å². The molecule has 7 nitrogen and oxygen atoms in total. The van der Waals surface area contributed by atoms with Crippen molar-refractivity contribution in [2.45, 2.75) is 12.1 Å². The summed E-state index contributed by atoms with van der Waals surface area (Å²) in [4.78, 5) is 36.5. The summed E-state index contributed by atoms with van der Waals surface area (Å²) < 4.78 is 0. The number of aliphatic carboxylic acids is 2. The van der Waals surface area contributed by atoms with Gasteiger partial charge in [0.15, 0.2) is 0 Å². The molecule has 1 amide bonds. The van der Waals surface area contributed by atoms with Crippen LogP contribution in [0.1, 0.15) is 10.4 Å². The smallest absolute Gasteiger partial charge is 0.548 e. The Morgan fingerprint density at radius 2 is 1.80 bits per heavy atom. The molecule has 124 valence electrons. The number of piperazine rings is 1. The van der Waals surface area contributed by atoms with Crippen molar-refractivity contribution in [3.8, 4) is 0 Å². The number of fused-ring (bicyclic) bond motifs is 1. The molecular formula is C17H15N2NaO5. The third-order valence-corrected chi connectivity index (χ3v) is 4.13.